The lowest BCUT2D eigenvalue weighted by Gasteiger charge is -2.10. The molecule has 1 heterocycles. The number of benzene rings is 2. The number of methoxy groups -OCH3 is 2. The van der Waals surface area contributed by atoms with E-state index in [9.17, 15) is 4.79 Å². The second kappa shape index (κ2) is 8.91. The zero-order valence-corrected chi connectivity index (χ0v) is 16.3. The van der Waals surface area contributed by atoms with Gasteiger partial charge in [0.15, 0.2) is 15.8 Å². The minimum Gasteiger partial charge on any atom is -0.493 e. The molecule has 0 unspecified atom stereocenters. The Kier molecular flexibility index (Phi) is 6.35. The summed E-state index contributed by atoms with van der Waals surface area (Å²) < 4.78 is 12.6. The van der Waals surface area contributed by atoms with Crippen LogP contribution in [0.3, 0.4) is 0 Å². The van der Waals surface area contributed by atoms with Crippen LogP contribution in [0, 0.1) is 0 Å². The summed E-state index contributed by atoms with van der Waals surface area (Å²) in [6.45, 7) is 0.578. The number of para-hydroxylation sites is 1. The molecule has 0 aliphatic carbocycles. The molecule has 0 fully saturated rings. The van der Waals surface area contributed by atoms with E-state index in [4.69, 9.17) is 9.47 Å². The summed E-state index contributed by atoms with van der Waals surface area (Å²) in [6, 6.07) is 13.8. The van der Waals surface area contributed by atoms with Crippen molar-refractivity contribution in [2.24, 2.45) is 0 Å². The molecule has 136 valence electrons. The lowest BCUT2D eigenvalue weighted by molar-refractivity contribution is -0.118. The van der Waals surface area contributed by atoms with Gasteiger partial charge in [0.1, 0.15) is 0 Å². The number of fused-ring (bicyclic) bond motifs is 1. The third-order valence-corrected chi connectivity index (χ3v) is 5.96. The Morgan fingerprint density at radius 3 is 2.73 bits per heavy atom. The van der Waals surface area contributed by atoms with Gasteiger partial charge < -0.3 is 14.8 Å². The summed E-state index contributed by atoms with van der Waals surface area (Å²) in [5, 5.41) is 2.95. The number of nitrogens with one attached hydrogen (secondary N) is 1. The molecular formula is C19H20N2O3S2. The topological polar surface area (TPSA) is 60.5 Å². The summed E-state index contributed by atoms with van der Waals surface area (Å²) >= 11 is 3.08. The monoisotopic (exact) mass is 388 g/mol. The Balaban J connectivity index is 1.45. The van der Waals surface area contributed by atoms with Crippen molar-refractivity contribution in [3.63, 3.8) is 0 Å². The molecule has 0 aliphatic heterocycles. The second-order valence-corrected chi connectivity index (χ2v) is 7.78. The predicted octanol–water partition coefficient (Wildman–Crippen LogP) is 3.76. The van der Waals surface area contributed by atoms with Crippen LogP contribution >= 0.6 is 23.1 Å². The fraction of sp³-hybridized carbons (Fsp3) is 0.263. The van der Waals surface area contributed by atoms with Crippen LogP contribution in [0.1, 0.15) is 5.56 Å². The summed E-state index contributed by atoms with van der Waals surface area (Å²) in [6.07, 6.45) is 0.734. The Morgan fingerprint density at radius 1 is 1.15 bits per heavy atom. The minimum atomic E-state index is 0.00901. The summed E-state index contributed by atoms with van der Waals surface area (Å²) in [4.78, 5) is 16.6. The normalized spacial score (nSPS) is 10.7. The molecule has 3 rings (SSSR count). The first-order chi connectivity index (χ1) is 12.7. The third kappa shape index (κ3) is 4.68. The standard InChI is InChI=1S/C19H20N2O3S2/c1-23-15-8-7-13(11-16(15)24-2)9-10-20-18(22)12-25-19-21-14-5-3-4-6-17(14)26-19/h3-8,11H,9-10,12H2,1-2H3,(H,20,22). The number of nitrogens with zero attached hydrogens (tertiary/aromatic N) is 1. The van der Waals surface area contributed by atoms with Gasteiger partial charge in [-0.3, -0.25) is 4.79 Å². The van der Waals surface area contributed by atoms with Crippen LogP contribution < -0.4 is 14.8 Å². The van der Waals surface area contributed by atoms with Crippen molar-refractivity contribution in [3.8, 4) is 11.5 Å². The van der Waals surface area contributed by atoms with Crippen LogP contribution in [0.25, 0.3) is 10.2 Å². The van der Waals surface area contributed by atoms with E-state index in [0.29, 0.717) is 23.8 Å². The van der Waals surface area contributed by atoms with Gasteiger partial charge in [-0.15, -0.1) is 11.3 Å². The highest BCUT2D eigenvalue weighted by Gasteiger charge is 2.08. The van der Waals surface area contributed by atoms with E-state index in [-0.39, 0.29) is 5.91 Å². The Morgan fingerprint density at radius 2 is 1.96 bits per heavy atom. The van der Waals surface area contributed by atoms with Gasteiger partial charge in [-0.1, -0.05) is 30.0 Å². The van der Waals surface area contributed by atoms with Crippen molar-refractivity contribution in [1.82, 2.24) is 10.3 Å². The number of aromatic nitrogens is 1. The molecule has 7 heteroatoms. The molecule has 26 heavy (non-hydrogen) atoms. The number of carbonyl (C=O) groups excluding carboxylic acids is 1. The van der Waals surface area contributed by atoms with Crippen LogP contribution in [-0.2, 0) is 11.2 Å². The highest BCUT2D eigenvalue weighted by atomic mass is 32.2. The lowest BCUT2D eigenvalue weighted by Crippen LogP contribution is -2.27. The van der Waals surface area contributed by atoms with E-state index in [1.54, 1.807) is 25.6 Å². The molecule has 1 aromatic heterocycles. The highest BCUT2D eigenvalue weighted by molar-refractivity contribution is 8.01. The van der Waals surface area contributed by atoms with Crippen LogP contribution in [0.4, 0.5) is 0 Å². The predicted molar refractivity (Wildman–Crippen MR) is 107 cm³/mol. The smallest absolute Gasteiger partial charge is 0.230 e. The molecule has 3 aromatic rings. The van der Waals surface area contributed by atoms with Gasteiger partial charge in [0.2, 0.25) is 5.91 Å². The fourth-order valence-corrected chi connectivity index (χ4v) is 4.37. The molecule has 0 bridgehead atoms. The maximum atomic E-state index is 12.0. The zero-order valence-electron chi connectivity index (χ0n) is 14.7. The van der Waals surface area contributed by atoms with Gasteiger partial charge in [0.05, 0.1) is 30.2 Å². The van der Waals surface area contributed by atoms with Crippen LogP contribution in [0.5, 0.6) is 11.5 Å². The maximum absolute atomic E-state index is 12.0. The molecule has 0 atom stereocenters. The van der Waals surface area contributed by atoms with Crippen molar-refractivity contribution in [1.29, 1.82) is 0 Å². The van der Waals surface area contributed by atoms with Gasteiger partial charge in [-0.25, -0.2) is 4.98 Å². The Bertz CT molecular complexity index is 862. The fourth-order valence-electron chi connectivity index (χ4n) is 2.47. The molecule has 1 amide bonds. The first kappa shape index (κ1) is 18.5. The number of ether oxygens (including phenoxy) is 2. The highest BCUT2D eigenvalue weighted by Crippen LogP contribution is 2.29. The van der Waals surface area contributed by atoms with Crippen molar-refractivity contribution in [3.05, 3.63) is 48.0 Å². The number of hydrogen-bond acceptors (Lipinski definition) is 6. The van der Waals surface area contributed by atoms with Crippen molar-refractivity contribution < 1.29 is 14.3 Å². The number of thioether (sulfide) groups is 1. The first-order valence-electron chi connectivity index (χ1n) is 8.15. The minimum absolute atomic E-state index is 0.00901. The summed E-state index contributed by atoms with van der Waals surface area (Å²) in [7, 11) is 3.23. The Hall–Kier alpha value is -2.25. The number of hydrogen-bond donors (Lipinski definition) is 1. The first-order valence-corrected chi connectivity index (χ1v) is 9.96. The van der Waals surface area contributed by atoms with E-state index in [2.05, 4.69) is 10.3 Å². The van der Waals surface area contributed by atoms with E-state index in [1.165, 1.54) is 11.8 Å². The van der Waals surface area contributed by atoms with Gasteiger partial charge in [-0.05, 0) is 36.2 Å². The molecular weight excluding hydrogens is 368 g/mol. The number of amides is 1. The van der Waals surface area contributed by atoms with Crippen molar-refractivity contribution in [2.45, 2.75) is 10.8 Å². The molecule has 2 aromatic carbocycles. The molecule has 0 radical (unpaired) electrons. The van der Waals surface area contributed by atoms with Gasteiger partial charge in [-0.2, -0.15) is 0 Å². The lowest BCUT2D eigenvalue weighted by atomic mass is 10.1. The van der Waals surface area contributed by atoms with Crippen LogP contribution in [0.15, 0.2) is 46.8 Å². The van der Waals surface area contributed by atoms with Gasteiger partial charge in [0, 0.05) is 6.54 Å². The van der Waals surface area contributed by atoms with Crippen LogP contribution in [0.2, 0.25) is 0 Å². The molecule has 0 spiro atoms. The molecule has 1 N–H and O–H groups in total. The summed E-state index contributed by atoms with van der Waals surface area (Å²) in [5.41, 5.74) is 2.07. The van der Waals surface area contributed by atoms with Gasteiger partial charge in [0.25, 0.3) is 0 Å². The largest absolute Gasteiger partial charge is 0.493 e. The average molecular weight is 389 g/mol. The van der Waals surface area contributed by atoms with Crippen molar-refractivity contribution >= 4 is 39.2 Å². The number of carbonyl (C=O) groups is 1. The molecule has 5 nitrogen and oxygen atoms in total. The number of rotatable bonds is 8. The van der Waals surface area contributed by atoms with E-state index >= 15 is 0 Å². The number of thiazole rings is 1. The van der Waals surface area contributed by atoms with E-state index in [0.717, 1.165) is 26.5 Å². The third-order valence-electron chi connectivity index (χ3n) is 3.78. The molecule has 0 aliphatic rings. The average Bonchev–Trinajstić information content (AvgIpc) is 3.09. The second-order valence-electron chi connectivity index (χ2n) is 5.53. The SMILES string of the molecule is COc1ccc(CCNC(=O)CSc2nc3ccccc3s2)cc1OC. The van der Waals surface area contributed by atoms with Crippen molar-refractivity contribution in [2.75, 3.05) is 26.5 Å². The Labute approximate surface area is 160 Å². The zero-order chi connectivity index (χ0) is 18.4. The molecule has 0 saturated carbocycles. The van der Waals surface area contributed by atoms with Crippen LogP contribution in [-0.4, -0.2) is 37.4 Å². The quantitative estimate of drug-likeness (QED) is 0.595. The van der Waals surface area contributed by atoms with E-state index in [1.807, 2.05) is 42.5 Å². The maximum Gasteiger partial charge on any atom is 0.230 e. The van der Waals surface area contributed by atoms with E-state index < -0.39 is 0 Å². The van der Waals surface area contributed by atoms with Gasteiger partial charge >= 0.3 is 0 Å². The summed E-state index contributed by atoms with van der Waals surface area (Å²) in [5.74, 6) is 1.77. The molecule has 0 saturated heterocycles.